The molecule has 42 heavy (non-hydrogen) atoms. The summed E-state index contributed by atoms with van der Waals surface area (Å²) in [5, 5.41) is 3.25. The van der Waals surface area contributed by atoms with E-state index in [9.17, 15) is 18.0 Å². The van der Waals surface area contributed by atoms with Gasteiger partial charge < -0.3 is 15.0 Å². The van der Waals surface area contributed by atoms with Gasteiger partial charge in [0, 0.05) is 17.1 Å². The predicted molar refractivity (Wildman–Crippen MR) is 167 cm³/mol. The molecule has 0 spiro atoms. The van der Waals surface area contributed by atoms with Gasteiger partial charge in [-0.05, 0) is 82.5 Å². The second-order valence-electron chi connectivity index (χ2n) is 11.3. The molecule has 2 amide bonds. The van der Waals surface area contributed by atoms with Crippen molar-refractivity contribution in [3.05, 3.63) is 88.4 Å². The summed E-state index contributed by atoms with van der Waals surface area (Å²) in [5.74, 6) is -0.641. The third kappa shape index (κ3) is 8.04. The van der Waals surface area contributed by atoms with Gasteiger partial charge in [-0.3, -0.25) is 13.9 Å². The van der Waals surface area contributed by atoms with Gasteiger partial charge in [-0.2, -0.15) is 0 Å². The molecule has 0 aliphatic rings. The highest BCUT2D eigenvalue weighted by atomic mass is 35.5. The Balaban J connectivity index is 2.15. The molecule has 0 aliphatic carbocycles. The number of sulfonamides is 1. The monoisotopic (exact) mass is 613 g/mol. The minimum Gasteiger partial charge on any atom is -0.495 e. The molecule has 0 radical (unpaired) electrons. The number of hydrogen-bond donors (Lipinski definition) is 1. The van der Waals surface area contributed by atoms with Crippen LogP contribution in [0, 0.1) is 13.8 Å². The van der Waals surface area contributed by atoms with E-state index in [2.05, 4.69) is 5.32 Å². The highest BCUT2D eigenvalue weighted by Gasteiger charge is 2.35. The quantitative estimate of drug-likeness (QED) is 0.291. The highest BCUT2D eigenvalue weighted by molar-refractivity contribution is 7.92. The molecule has 0 unspecified atom stereocenters. The number of halogens is 1. The van der Waals surface area contributed by atoms with Gasteiger partial charge in [-0.15, -0.1) is 0 Å². The molecule has 0 heterocycles. The Kier molecular flexibility index (Phi) is 10.7. The summed E-state index contributed by atoms with van der Waals surface area (Å²) in [4.78, 5) is 29.2. The molecule has 1 N–H and O–H groups in total. The van der Waals surface area contributed by atoms with E-state index in [0.29, 0.717) is 6.42 Å². The number of benzene rings is 3. The highest BCUT2D eigenvalue weighted by Crippen LogP contribution is 2.35. The Hall–Kier alpha value is -3.56. The van der Waals surface area contributed by atoms with E-state index < -0.39 is 34.1 Å². The normalized spacial score (nSPS) is 12.4. The molecular formula is C32H40ClN3O5S. The van der Waals surface area contributed by atoms with Crippen molar-refractivity contribution < 1.29 is 22.7 Å². The van der Waals surface area contributed by atoms with Crippen LogP contribution in [-0.2, 0) is 26.2 Å². The summed E-state index contributed by atoms with van der Waals surface area (Å²) in [6, 6.07) is 17.7. The fraction of sp³-hybridized carbons (Fsp3) is 0.375. The van der Waals surface area contributed by atoms with Crippen molar-refractivity contribution in [2.45, 2.75) is 71.0 Å². The van der Waals surface area contributed by atoms with Gasteiger partial charge in [0.2, 0.25) is 11.8 Å². The molecule has 226 valence electrons. The molecule has 0 fully saturated rings. The Morgan fingerprint density at radius 2 is 1.64 bits per heavy atom. The van der Waals surface area contributed by atoms with Gasteiger partial charge in [0.05, 0.1) is 17.7 Å². The molecule has 1 atom stereocenters. The van der Waals surface area contributed by atoms with Crippen LogP contribution in [0.1, 0.15) is 50.8 Å². The summed E-state index contributed by atoms with van der Waals surface area (Å²) < 4.78 is 34.8. The fourth-order valence-electron chi connectivity index (χ4n) is 4.55. The van der Waals surface area contributed by atoms with Crippen LogP contribution in [0.25, 0.3) is 0 Å². The maximum Gasteiger partial charge on any atom is 0.264 e. The smallest absolute Gasteiger partial charge is 0.264 e. The zero-order chi connectivity index (χ0) is 31.2. The van der Waals surface area contributed by atoms with Gasteiger partial charge in [0.25, 0.3) is 10.0 Å². The first-order chi connectivity index (χ1) is 19.7. The van der Waals surface area contributed by atoms with Gasteiger partial charge in [-0.1, -0.05) is 60.5 Å². The topological polar surface area (TPSA) is 96.0 Å². The number of methoxy groups -OCH3 is 1. The van der Waals surface area contributed by atoms with Crippen LogP contribution < -0.4 is 14.4 Å². The zero-order valence-corrected chi connectivity index (χ0v) is 26.8. The summed E-state index contributed by atoms with van der Waals surface area (Å²) >= 11 is 6.31. The van der Waals surface area contributed by atoms with Crippen LogP contribution in [-0.4, -0.2) is 50.4 Å². The molecule has 0 aliphatic heterocycles. The largest absolute Gasteiger partial charge is 0.495 e. The number of carbonyl (C=O) groups is 2. The molecule has 8 nitrogen and oxygen atoms in total. The van der Waals surface area contributed by atoms with Crippen molar-refractivity contribution in [2.24, 2.45) is 0 Å². The average molecular weight is 614 g/mol. The number of carbonyl (C=O) groups excluding carboxylic acids is 2. The van der Waals surface area contributed by atoms with Gasteiger partial charge in [0.15, 0.2) is 0 Å². The van der Waals surface area contributed by atoms with Crippen molar-refractivity contribution in [3.63, 3.8) is 0 Å². The number of ether oxygens (including phenoxy) is 1. The zero-order valence-electron chi connectivity index (χ0n) is 25.3. The van der Waals surface area contributed by atoms with Gasteiger partial charge in [0.1, 0.15) is 18.3 Å². The average Bonchev–Trinajstić information content (AvgIpc) is 2.91. The van der Waals surface area contributed by atoms with Crippen LogP contribution in [0.5, 0.6) is 5.75 Å². The Labute approximate surface area is 254 Å². The first-order valence-corrected chi connectivity index (χ1v) is 15.6. The number of aryl methyl sites for hydroxylation is 2. The summed E-state index contributed by atoms with van der Waals surface area (Å²) in [5.41, 5.74) is 2.26. The fourth-order valence-corrected chi connectivity index (χ4v) is 6.14. The van der Waals surface area contributed by atoms with Crippen molar-refractivity contribution >= 4 is 39.1 Å². The molecule has 0 saturated carbocycles. The Morgan fingerprint density at radius 3 is 2.21 bits per heavy atom. The van der Waals surface area contributed by atoms with E-state index in [1.54, 1.807) is 24.3 Å². The van der Waals surface area contributed by atoms with E-state index in [1.807, 2.05) is 65.8 Å². The third-order valence-corrected chi connectivity index (χ3v) is 8.79. The maximum atomic E-state index is 14.3. The molecule has 3 rings (SSSR count). The molecular weight excluding hydrogens is 574 g/mol. The lowest BCUT2D eigenvalue weighted by atomic mass is 10.0. The number of nitrogens with zero attached hydrogens (tertiary/aromatic N) is 2. The lowest BCUT2D eigenvalue weighted by Crippen LogP contribution is -2.55. The molecule has 3 aromatic carbocycles. The van der Waals surface area contributed by atoms with E-state index in [0.717, 1.165) is 21.0 Å². The minimum atomic E-state index is -4.26. The van der Waals surface area contributed by atoms with Gasteiger partial charge in [-0.25, -0.2) is 8.42 Å². The van der Waals surface area contributed by atoms with Crippen LogP contribution in [0.2, 0.25) is 5.02 Å². The number of nitrogens with one attached hydrogen (secondary N) is 1. The van der Waals surface area contributed by atoms with Crippen molar-refractivity contribution in [2.75, 3.05) is 18.0 Å². The van der Waals surface area contributed by atoms with Crippen LogP contribution >= 0.6 is 11.6 Å². The summed E-state index contributed by atoms with van der Waals surface area (Å²) in [7, 11) is -2.85. The van der Waals surface area contributed by atoms with Crippen molar-refractivity contribution in [1.82, 2.24) is 10.2 Å². The molecule has 0 bridgehead atoms. The summed E-state index contributed by atoms with van der Waals surface area (Å²) in [6.45, 7) is 10.7. The Morgan fingerprint density at radius 1 is 1.00 bits per heavy atom. The summed E-state index contributed by atoms with van der Waals surface area (Å²) in [6.07, 6.45) is 0.324. The third-order valence-electron chi connectivity index (χ3n) is 6.78. The standard InChI is InChI=1S/C32H40ClN3O5S/c1-8-27(31(38)34-32(4,5)6)35(20-24-12-10-9-11-23(24)3)30(37)21-36(28-19-25(33)15-18-29(28)41-7)42(39,40)26-16-13-22(2)14-17-26/h9-19,27H,8,20-21H2,1-7H3,(H,34,38)/t27-/m0/s1. The van der Waals surface area contributed by atoms with E-state index in [-0.39, 0.29) is 33.8 Å². The molecule has 10 heteroatoms. The lowest BCUT2D eigenvalue weighted by Gasteiger charge is -2.35. The van der Waals surface area contributed by atoms with E-state index >= 15 is 0 Å². The van der Waals surface area contributed by atoms with Crippen LogP contribution in [0.4, 0.5) is 5.69 Å². The lowest BCUT2D eigenvalue weighted by molar-refractivity contribution is -0.141. The second-order valence-corrected chi connectivity index (χ2v) is 13.6. The molecule has 3 aromatic rings. The number of anilines is 1. The van der Waals surface area contributed by atoms with Gasteiger partial charge >= 0.3 is 0 Å². The van der Waals surface area contributed by atoms with Crippen molar-refractivity contribution in [1.29, 1.82) is 0 Å². The van der Waals surface area contributed by atoms with Crippen LogP contribution in [0.3, 0.4) is 0 Å². The first kappa shape index (κ1) is 32.9. The second kappa shape index (κ2) is 13.6. The SMILES string of the molecule is CC[C@@H](C(=O)NC(C)(C)C)N(Cc1ccccc1C)C(=O)CN(c1cc(Cl)ccc1OC)S(=O)(=O)c1ccc(C)cc1. The molecule has 0 aromatic heterocycles. The van der Waals surface area contributed by atoms with E-state index in [4.69, 9.17) is 16.3 Å². The number of amides is 2. The number of rotatable bonds is 11. The van der Waals surface area contributed by atoms with E-state index in [1.165, 1.54) is 30.2 Å². The minimum absolute atomic E-state index is 0.00546. The first-order valence-electron chi connectivity index (χ1n) is 13.8. The number of hydrogen-bond acceptors (Lipinski definition) is 5. The predicted octanol–water partition coefficient (Wildman–Crippen LogP) is 5.88. The van der Waals surface area contributed by atoms with Crippen LogP contribution in [0.15, 0.2) is 71.6 Å². The molecule has 0 saturated heterocycles. The maximum absolute atomic E-state index is 14.3. The van der Waals surface area contributed by atoms with Crippen molar-refractivity contribution in [3.8, 4) is 5.75 Å². The Bertz CT molecular complexity index is 1520.